The van der Waals surface area contributed by atoms with Crippen LogP contribution in [0, 0.1) is 35.1 Å². The zero-order valence-electron chi connectivity index (χ0n) is 45.6. The third kappa shape index (κ3) is 14.9. The molecule has 4 aromatic carbocycles. The molecule has 1 amide bonds. The first kappa shape index (κ1) is 58.1. The number of carbonyl (C=O) groups excluding carboxylic acids is 3. The van der Waals surface area contributed by atoms with Gasteiger partial charge in [-0.05, 0) is 156 Å². The molecule has 2 fully saturated rings. The Balaban J connectivity index is 0.000000198. The van der Waals surface area contributed by atoms with Crippen LogP contribution in [-0.4, -0.2) is 93.4 Å². The molecule has 4 aromatic heterocycles. The highest BCUT2D eigenvalue weighted by Gasteiger charge is 2.30. The van der Waals surface area contributed by atoms with Crippen LogP contribution in [0.4, 0.5) is 34.3 Å². The van der Waals surface area contributed by atoms with Crippen LogP contribution in [0.5, 0.6) is 0 Å². The van der Waals surface area contributed by atoms with Gasteiger partial charge in [0.15, 0.2) is 34.6 Å². The van der Waals surface area contributed by atoms with Crippen LogP contribution in [0.3, 0.4) is 0 Å². The molecule has 81 heavy (non-hydrogen) atoms. The van der Waals surface area contributed by atoms with Gasteiger partial charge in [0.25, 0.3) is 0 Å². The third-order valence-electron chi connectivity index (χ3n) is 13.8. The summed E-state index contributed by atoms with van der Waals surface area (Å²) < 4.78 is 63.6. The maximum Gasteiger partial charge on any atom is 0.410 e. The lowest BCUT2D eigenvalue weighted by molar-refractivity contribution is -0.117. The lowest BCUT2D eigenvalue weighted by atomic mass is 9.98. The van der Waals surface area contributed by atoms with Crippen molar-refractivity contribution >= 4 is 75.1 Å². The molecule has 3 N–H and O–H groups in total. The van der Waals surface area contributed by atoms with E-state index in [1.165, 1.54) is 19.1 Å². The fraction of sp³-hybridized carbons (Fsp3) is 0.373. The average Bonchev–Trinajstić information content (AvgIpc) is 3.82. The van der Waals surface area contributed by atoms with Crippen molar-refractivity contribution in [1.82, 2.24) is 49.3 Å². The van der Waals surface area contributed by atoms with Crippen LogP contribution >= 0.6 is 23.2 Å². The summed E-state index contributed by atoms with van der Waals surface area (Å²) in [6, 6.07) is 18.5. The Morgan fingerprint density at radius 1 is 0.642 bits per heavy atom. The first-order chi connectivity index (χ1) is 38.7. The van der Waals surface area contributed by atoms with E-state index in [1.54, 1.807) is 30.3 Å². The highest BCUT2D eigenvalue weighted by Crippen LogP contribution is 2.35. The molecule has 16 nitrogen and oxygen atoms in total. The Hall–Kier alpha value is -7.55. The average molecular weight is 1150 g/mol. The van der Waals surface area contributed by atoms with E-state index in [1.807, 2.05) is 55.7 Å². The number of amides is 1. The van der Waals surface area contributed by atoms with Gasteiger partial charge in [0.1, 0.15) is 39.8 Å². The predicted octanol–water partition coefficient (Wildman–Crippen LogP) is 12.0. The zero-order chi connectivity index (χ0) is 57.5. The summed E-state index contributed by atoms with van der Waals surface area (Å²) in [5.41, 5.74) is 5.98. The summed E-state index contributed by atoms with van der Waals surface area (Å²) in [5, 5.41) is 10.6. The third-order valence-corrected chi connectivity index (χ3v) is 14.4. The quantitative estimate of drug-likeness (QED) is 0.0777. The standard InChI is InChI=1S/C32H35ClF2N6O3.C27H27ClF2N6O/c1-19(42)12-20-7-9-23(24(33)13-20)28-38-27-16-37-30(36-15-21-8-10-25(34)26(35)14-21)39-29(27)41(28)18-22-6-5-11-40(17-22)31(43)44-32(2,3)4;1-16(37)9-17-4-6-20(21(28)10-17)25-34-24-14-33-27(32-13-18-5-7-22(29)23(30)11-18)35-26(24)36(25)15-19-3-2-8-31-12-19/h7-10,13-14,16,22H,5-6,11-12,15,17-18H2,1-4H3,(H,36,37,39);4-7,10-11,14,19,31H,2-3,8-9,12-13,15H2,1H3,(H,32,33,35)/t22-;19-/m11/s1. The summed E-state index contributed by atoms with van der Waals surface area (Å²) >= 11 is 13.4. The van der Waals surface area contributed by atoms with Crippen LogP contribution in [0.15, 0.2) is 85.2 Å². The summed E-state index contributed by atoms with van der Waals surface area (Å²) in [6.45, 7) is 13.3. The molecular formula is C59H62Cl2F4N12O4. The topological polar surface area (TPSA) is 187 Å². The van der Waals surface area contributed by atoms with E-state index >= 15 is 0 Å². The van der Waals surface area contributed by atoms with Gasteiger partial charge >= 0.3 is 6.09 Å². The van der Waals surface area contributed by atoms with E-state index in [0.717, 1.165) is 79.7 Å². The minimum Gasteiger partial charge on any atom is -0.444 e. The van der Waals surface area contributed by atoms with Gasteiger partial charge in [-0.25, -0.2) is 42.3 Å². The molecular weight excluding hydrogens is 1090 g/mol. The second kappa shape index (κ2) is 25.5. The number of nitrogens with zero attached hydrogens (tertiary/aromatic N) is 9. The van der Waals surface area contributed by atoms with E-state index in [0.29, 0.717) is 105 Å². The van der Waals surface area contributed by atoms with Crippen LogP contribution in [-0.2, 0) is 53.3 Å². The molecule has 0 unspecified atom stereocenters. The molecule has 2 saturated heterocycles. The largest absolute Gasteiger partial charge is 0.444 e. The fourth-order valence-electron chi connectivity index (χ4n) is 10.0. The first-order valence-corrected chi connectivity index (χ1v) is 27.6. The maximum absolute atomic E-state index is 13.7. The minimum absolute atomic E-state index is 0.0339. The van der Waals surface area contributed by atoms with Gasteiger partial charge in [0.05, 0.1) is 22.4 Å². The fourth-order valence-corrected chi connectivity index (χ4v) is 10.6. The van der Waals surface area contributed by atoms with E-state index in [4.69, 9.17) is 47.9 Å². The van der Waals surface area contributed by atoms with Crippen LogP contribution in [0.2, 0.25) is 10.0 Å². The van der Waals surface area contributed by atoms with Crippen molar-refractivity contribution in [1.29, 1.82) is 0 Å². The second-order valence-corrected chi connectivity index (χ2v) is 22.4. The summed E-state index contributed by atoms with van der Waals surface area (Å²) in [7, 11) is 0. The number of ketones is 2. The van der Waals surface area contributed by atoms with E-state index < -0.39 is 28.9 Å². The Bertz CT molecular complexity index is 3620. The molecule has 424 valence electrons. The highest BCUT2D eigenvalue weighted by molar-refractivity contribution is 6.33. The number of fused-ring (bicyclic) bond motifs is 2. The van der Waals surface area contributed by atoms with Crippen molar-refractivity contribution in [3.63, 3.8) is 0 Å². The molecule has 2 aliphatic heterocycles. The second-order valence-electron chi connectivity index (χ2n) is 21.6. The molecule has 8 aromatic rings. The van der Waals surface area contributed by atoms with Gasteiger partial charge in [-0.3, -0.25) is 9.59 Å². The Kier molecular flexibility index (Phi) is 18.3. The number of carbonyl (C=O) groups is 3. The SMILES string of the molecule is CC(=O)Cc1ccc(-c2nc3cnc(NCc4ccc(F)c(F)c4)nc3n2C[C@@H]2CCCN(C(=O)OC(C)(C)C)C2)c(Cl)c1.CC(=O)Cc1ccc(-c2nc3cnc(NCc4ccc(F)c(F)c4)nc3n2C[C@@H]2CCCNC2)c(Cl)c1. The molecule has 0 saturated carbocycles. The summed E-state index contributed by atoms with van der Waals surface area (Å²) in [5.74, 6) is -1.13. The monoisotopic (exact) mass is 1150 g/mol. The number of hydrogen-bond acceptors (Lipinski definition) is 13. The van der Waals surface area contributed by atoms with Gasteiger partial charge in [-0.1, -0.05) is 47.5 Å². The molecule has 22 heteroatoms. The van der Waals surface area contributed by atoms with Crippen LogP contribution in [0.1, 0.15) is 82.6 Å². The minimum atomic E-state index is -0.928. The number of ether oxygens (including phenoxy) is 1. The first-order valence-electron chi connectivity index (χ1n) is 26.8. The maximum atomic E-state index is 13.7. The predicted molar refractivity (Wildman–Crippen MR) is 304 cm³/mol. The molecule has 0 radical (unpaired) electrons. The van der Waals surface area contributed by atoms with E-state index in [-0.39, 0.29) is 49.0 Å². The van der Waals surface area contributed by atoms with Crippen LogP contribution in [0.25, 0.3) is 45.1 Å². The number of aromatic nitrogens is 8. The van der Waals surface area contributed by atoms with Crippen molar-refractivity contribution in [2.24, 2.45) is 11.8 Å². The van der Waals surface area contributed by atoms with Gasteiger partial charge in [-0.15, -0.1) is 0 Å². The number of rotatable bonds is 16. The number of Topliss-reactive ketones (excluding diaryl/α,β-unsaturated/α-hetero) is 2. The van der Waals surface area contributed by atoms with Crippen molar-refractivity contribution in [3.05, 3.63) is 141 Å². The molecule has 2 aliphatic rings. The number of anilines is 2. The van der Waals surface area contributed by atoms with Crippen LogP contribution < -0.4 is 16.0 Å². The number of likely N-dealkylation sites (tertiary alicyclic amines) is 1. The summed E-state index contributed by atoms with van der Waals surface area (Å²) in [6.07, 6.45) is 7.40. The van der Waals surface area contributed by atoms with Gasteiger partial charge in [-0.2, -0.15) is 9.97 Å². The van der Waals surface area contributed by atoms with Gasteiger partial charge in [0, 0.05) is 63.2 Å². The molecule has 2 atom stereocenters. The number of nitrogens with one attached hydrogen (secondary N) is 3. The highest BCUT2D eigenvalue weighted by atomic mass is 35.5. The normalized spacial score (nSPS) is 15.6. The number of piperidine rings is 2. The summed E-state index contributed by atoms with van der Waals surface area (Å²) in [4.78, 5) is 65.8. The Morgan fingerprint density at radius 3 is 1.57 bits per heavy atom. The Labute approximate surface area is 476 Å². The van der Waals surface area contributed by atoms with E-state index in [9.17, 15) is 31.9 Å². The van der Waals surface area contributed by atoms with Crippen molar-refractivity contribution in [3.8, 4) is 22.8 Å². The lowest BCUT2D eigenvalue weighted by Gasteiger charge is -2.34. The van der Waals surface area contributed by atoms with Gasteiger partial charge < -0.3 is 34.7 Å². The zero-order valence-corrected chi connectivity index (χ0v) is 47.1. The van der Waals surface area contributed by atoms with Crippen molar-refractivity contribution < 1.29 is 36.7 Å². The van der Waals surface area contributed by atoms with Gasteiger partial charge in [0.2, 0.25) is 11.9 Å². The lowest BCUT2D eigenvalue weighted by Crippen LogP contribution is -2.43. The molecule has 6 heterocycles. The smallest absolute Gasteiger partial charge is 0.410 e. The number of benzene rings is 4. The Morgan fingerprint density at radius 2 is 1.12 bits per heavy atom. The number of imidazole rings is 2. The number of hydrogen-bond donors (Lipinski definition) is 3. The molecule has 0 spiro atoms. The molecule has 0 aliphatic carbocycles. The van der Waals surface area contributed by atoms with E-state index in [2.05, 4.69) is 30.5 Å². The molecule has 10 rings (SSSR count). The molecule has 0 bridgehead atoms. The number of halogens is 6. The van der Waals surface area contributed by atoms with Crippen molar-refractivity contribution in [2.45, 2.75) is 105 Å². The van der Waals surface area contributed by atoms with Crippen molar-refractivity contribution in [2.75, 3.05) is 36.8 Å².